The second kappa shape index (κ2) is 3.36. The molecule has 1 aromatic heterocycles. The minimum absolute atomic E-state index is 0.0337. The number of halogens is 2. The van der Waals surface area contributed by atoms with Gasteiger partial charge in [0.1, 0.15) is 0 Å². The van der Waals surface area contributed by atoms with Gasteiger partial charge in [0.15, 0.2) is 5.13 Å². The van der Waals surface area contributed by atoms with Gasteiger partial charge in [-0.1, -0.05) is 15.9 Å². The number of fused-ring (bicyclic) bond motifs is 1. The Balaban J connectivity index is 2.72. The van der Waals surface area contributed by atoms with Gasteiger partial charge < -0.3 is 5.11 Å². The Kier molecular flexibility index (Phi) is 2.36. The van der Waals surface area contributed by atoms with Crippen molar-refractivity contribution < 1.29 is 9.50 Å². The van der Waals surface area contributed by atoms with E-state index in [2.05, 4.69) is 15.9 Å². The van der Waals surface area contributed by atoms with Gasteiger partial charge in [-0.05, 0) is 29.1 Å². The fraction of sp³-hybridized carbons (Fsp3) is 0.111. The zero-order valence-electron chi connectivity index (χ0n) is 6.55. The first-order chi connectivity index (χ1) is 6.20. The summed E-state index contributed by atoms with van der Waals surface area (Å²) in [6.45, 7) is -0.0337. The number of aliphatic hydroxyl groups is 1. The lowest BCUT2D eigenvalue weighted by atomic mass is 10.2. The lowest BCUT2D eigenvalue weighted by Gasteiger charge is -1.99. The normalized spacial score (nSPS) is 11.0. The predicted octanol–water partition coefficient (Wildman–Crippen LogP) is 3.30. The Labute approximate surface area is 86.9 Å². The monoisotopic (exact) mass is 260 g/mol. The summed E-state index contributed by atoms with van der Waals surface area (Å²) in [7, 11) is 0. The largest absolute Gasteiger partial charge is 0.392 e. The third-order valence-corrected chi connectivity index (χ3v) is 3.45. The fourth-order valence-electron chi connectivity index (χ4n) is 1.20. The topological polar surface area (TPSA) is 20.2 Å². The fourth-order valence-corrected chi connectivity index (χ4v) is 2.63. The molecule has 0 saturated heterocycles. The van der Waals surface area contributed by atoms with Crippen LogP contribution in [0.5, 0.6) is 0 Å². The smallest absolute Gasteiger partial charge is 0.177 e. The molecule has 0 amide bonds. The first kappa shape index (κ1) is 9.12. The van der Waals surface area contributed by atoms with Crippen LogP contribution in [0.25, 0.3) is 10.1 Å². The third kappa shape index (κ3) is 1.61. The molecule has 0 saturated carbocycles. The highest BCUT2D eigenvalue weighted by atomic mass is 79.9. The van der Waals surface area contributed by atoms with Crippen LogP contribution in [-0.4, -0.2) is 5.11 Å². The first-order valence-corrected chi connectivity index (χ1v) is 5.30. The highest BCUT2D eigenvalue weighted by Gasteiger charge is 2.05. The number of thiophene rings is 1. The minimum atomic E-state index is -0.197. The zero-order valence-corrected chi connectivity index (χ0v) is 8.95. The van der Waals surface area contributed by atoms with E-state index in [0.717, 1.165) is 31.5 Å². The summed E-state index contributed by atoms with van der Waals surface area (Å²) in [6.07, 6.45) is 0. The molecular weight excluding hydrogens is 255 g/mol. The number of benzene rings is 1. The van der Waals surface area contributed by atoms with Crippen molar-refractivity contribution in [3.63, 3.8) is 0 Å². The van der Waals surface area contributed by atoms with Crippen LogP contribution in [0.3, 0.4) is 0 Å². The molecule has 2 aromatic rings. The van der Waals surface area contributed by atoms with Crippen LogP contribution in [-0.2, 0) is 6.61 Å². The van der Waals surface area contributed by atoms with Crippen LogP contribution >= 0.6 is 27.3 Å². The van der Waals surface area contributed by atoms with E-state index in [-0.39, 0.29) is 11.7 Å². The SMILES string of the molecule is OCc1cc2cc(F)sc2cc1Br. The lowest BCUT2D eigenvalue weighted by molar-refractivity contribution is 0.281. The van der Waals surface area contributed by atoms with Crippen LogP contribution < -0.4 is 0 Å². The molecule has 0 bridgehead atoms. The molecule has 1 nitrogen and oxygen atoms in total. The Bertz CT molecular complexity index is 452. The number of rotatable bonds is 1. The van der Waals surface area contributed by atoms with Crippen molar-refractivity contribution in [1.29, 1.82) is 0 Å². The molecule has 0 aliphatic heterocycles. The van der Waals surface area contributed by atoms with Gasteiger partial charge in [0, 0.05) is 9.17 Å². The molecule has 2 rings (SSSR count). The van der Waals surface area contributed by atoms with Gasteiger partial charge in [0.05, 0.1) is 6.61 Å². The molecule has 1 heterocycles. The number of hydrogen-bond acceptors (Lipinski definition) is 2. The molecule has 1 aromatic carbocycles. The van der Waals surface area contributed by atoms with Crippen molar-refractivity contribution in [3.05, 3.63) is 33.4 Å². The highest BCUT2D eigenvalue weighted by molar-refractivity contribution is 9.10. The molecule has 4 heteroatoms. The van der Waals surface area contributed by atoms with Gasteiger partial charge in [-0.25, -0.2) is 0 Å². The van der Waals surface area contributed by atoms with Gasteiger partial charge in [-0.2, -0.15) is 4.39 Å². The van der Waals surface area contributed by atoms with Crippen molar-refractivity contribution in [3.8, 4) is 0 Å². The third-order valence-electron chi connectivity index (χ3n) is 1.83. The van der Waals surface area contributed by atoms with E-state index in [1.807, 2.05) is 6.07 Å². The van der Waals surface area contributed by atoms with Gasteiger partial charge in [0.25, 0.3) is 0 Å². The summed E-state index contributed by atoms with van der Waals surface area (Å²) in [5.41, 5.74) is 0.783. The molecule has 1 N–H and O–H groups in total. The summed E-state index contributed by atoms with van der Waals surface area (Å²) in [4.78, 5) is 0. The van der Waals surface area contributed by atoms with E-state index in [9.17, 15) is 4.39 Å². The molecule has 13 heavy (non-hydrogen) atoms. The zero-order chi connectivity index (χ0) is 9.42. The van der Waals surface area contributed by atoms with Crippen LogP contribution in [0.4, 0.5) is 4.39 Å². The molecule has 0 radical (unpaired) electrons. The Morgan fingerprint density at radius 3 is 2.85 bits per heavy atom. The van der Waals surface area contributed by atoms with E-state index < -0.39 is 0 Å². The molecule has 0 aliphatic carbocycles. The van der Waals surface area contributed by atoms with Gasteiger partial charge in [0.2, 0.25) is 0 Å². The van der Waals surface area contributed by atoms with Gasteiger partial charge in [-0.15, -0.1) is 11.3 Å². The predicted molar refractivity (Wildman–Crippen MR) is 55.4 cm³/mol. The first-order valence-electron chi connectivity index (χ1n) is 3.69. The Hall–Kier alpha value is -0.450. The van der Waals surface area contributed by atoms with E-state index >= 15 is 0 Å². The molecule has 0 fully saturated rings. The molecule has 0 unspecified atom stereocenters. The average Bonchev–Trinajstić information content (AvgIpc) is 2.42. The maximum absolute atomic E-state index is 12.8. The molecule has 68 valence electrons. The van der Waals surface area contributed by atoms with Crippen LogP contribution in [0.1, 0.15) is 5.56 Å². The standard InChI is InChI=1S/C9H6BrFOS/c10-7-3-8-5(1-6(7)4-12)2-9(11)13-8/h1-3,12H,4H2. The van der Waals surface area contributed by atoms with Crippen molar-refractivity contribution >= 4 is 37.4 Å². The second-order valence-electron chi connectivity index (χ2n) is 2.69. The van der Waals surface area contributed by atoms with Crippen LogP contribution in [0, 0.1) is 5.13 Å². The maximum atomic E-state index is 12.8. The van der Waals surface area contributed by atoms with E-state index in [4.69, 9.17) is 5.11 Å². The second-order valence-corrected chi connectivity index (χ2v) is 4.58. The Morgan fingerprint density at radius 1 is 1.38 bits per heavy atom. The lowest BCUT2D eigenvalue weighted by Crippen LogP contribution is -1.83. The number of hydrogen-bond donors (Lipinski definition) is 1. The molecular formula is C9H6BrFOS. The van der Waals surface area contributed by atoms with Crippen molar-refractivity contribution in [2.75, 3.05) is 0 Å². The highest BCUT2D eigenvalue weighted by Crippen LogP contribution is 2.30. The van der Waals surface area contributed by atoms with E-state index in [1.54, 1.807) is 6.07 Å². The summed E-state index contributed by atoms with van der Waals surface area (Å²) < 4.78 is 14.5. The maximum Gasteiger partial charge on any atom is 0.177 e. The van der Waals surface area contributed by atoms with E-state index in [0.29, 0.717) is 0 Å². The molecule has 0 aliphatic rings. The molecule has 0 atom stereocenters. The van der Waals surface area contributed by atoms with Crippen LogP contribution in [0.15, 0.2) is 22.7 Å². The quantitative estimate of drug-likeness (QED) is 0.835. The van der Waals surface area contributed by atoms with Gasteiger partial charge >= 0.3 is 0 Å². The summed E-state index contributed by atoms with van der Waals surface area (Å²) in [5, 5.41) is 9.61. The average molecular weight is 261 g/mol. The van der Waals surface area contributed by atoms with Crippen molar-refractivity contribution in [2.45, 2.75) is 6.61 Å². The van der Waals surface area contributed by atoms with Crippen LogP contribution in [0.2, 0.25) is 0 Å². The van der Waals surface area contributed by atoms with Crippen molar-refractivity contribution in [1.82, 2.24) is 0 Å². The summed E-state index contributed by atoms with van der Waals surface area (Å²) in [6, 6.07) is 5.10. The van der Waals surface area contributed by atoms with E-state index in [1.165, 1.54) is 6.07 Å². The summed E-state index contributed by atoms with van der Waals surface area (Å²) in [5.74, 6) is 0. The van der Waals surface area contributed by atoms with Crippen molar-refractivity contribution in [2.24, 2.45) is 0 Å². The molecule has 0 spiro atoms. The number of aliphatic hydroxyl groups excluding tert-OH is 1. The summed E-state index contributed by atoms with van der Waals surface area (Å²) >= 11 is 4.42. The Morgan fingerprint density at radius 2 is 2.15 bits per heavy atom. The van der Waals surface area contributed by atoms with Gasteiger partial charge in [-0.3, -0.25) is 0 Å². The minimum Gasteiger partial charge on any atom is -0.392 e.